The number of rotatable bonds is 10. The number of anilines is 1. The average molecular weight is 486 g/mol. The molecule has 36 heavy (non-hydrogen) atoms. The minimum Gasteiger partial charge on any atom is -0.490 e. The standard InChI is InChI=1S/C25H27N9O2/c1-3-34-23-19(35-11-7-10-27-13-18-14-28-16(2)12-29-18)15-30-20(17-8-5-4-6-9-17)21(23)31-25(34)22-24(26)33-36-32-22/h4-6,8-9,12,14-15,27H,3,7,10-11,13H2,1-2H3,(H2,26,33). The Bertz CT molecular complexity index is 1450. The molecule has 4 heterocycles. The summed E-state index contributed by atoms with van der Waals surface area (Å²) < 4.78 is 13.0. The number of hydrogen-bond acceptors (Lipinski definition) is 10. The smallest absolute Gasteiger partial charge is 0.199 e. The molecule has 0 aliphatic carbocycles. The molecular weight excluding hydrogens is 458 g/mol. The van der Waals surface area contributed by atoms with Gasteiger partial charge in [-0.05, 0) is 37.1 Å². The highest BCUT2D eigenvalue weighted by Crippen LogP contribution is 2.36. The van der Waals surface area contributed by atoms with Crippen LogP contribution in [0.3, 0.4) is 0 Å². The second-order valence-electron chi connectivity index (χ2n) is 8.24. The zero-order valence-corrected chi connectivity index (χ0v) is 20.2. The Morgan fingerprint density at radius 1 is 1.03 bits per heavy atom. The van der Waals surface area contributed by atoms with E-state index in [1.807, 2.05) is 48.7 Å². The Morgan fingerprint density at radius 2 is 1.89 bits per heavy atom. The molecule has 1 aromatic carbocycles. The van der Waals surface area contributed by atoms with Crippen molar-refractivity contribution < 1.29 is 9.37 Å². The molecule has 0 saturated heterocycles. The van der Waals surface area contributed by atoms with Gasteiger partial charge in [-0.3, -0.25) is 9.97 Å². The van der Waals surface area contributed by atoms with Crippen LogP contribution in [0.1, 0.15) is 24.7 Å². The molecule has 0 bridgehead atoms. The van der Waals surface area contributed by atoms with E-state index in [1.165, 1.54) is 0 Å². The topological polar surface area (TPSA) is 143 Å². The zero-order valence-electron chi connectivity index (χ0n) is 20.2. The van der Waals surface area contributed by atoms with Crippen LogP contribution in [0.25, 0.3) is 33.8 Å². The van der Waals surface area contributed by atoms with Crippen LogP contribution in [-0.4, -0.2) is 48.0 Å². The number of nitrogen functional groups attached to an aromatic ring is 1. The number of nitrogens with one attached hydrogen (secondary N) is 1. The van der Waals surface area contributed by atoms with E-state index >= 15 is 0 Å². The molecular formula is C25H27N9O2. The van der Waals surface area contributed by atoms with E-state index < -0.39 is 0 Å². The van der Waals surface area contributed by atoms with Crippen molar-refractivity contribution in [2.45, 2.75) is 33.4 Å². The second kappa shape index (κ2) is 10.5. The number of hydrogen-bond donors (Lipinski definition) is 2. The normalized spacial score (nSPS) is 11.3. The van der Waals surface area contributed by atoms with Gasteiger partial charge in [0.05, 0.1) is 29.9 Å². The van der Waals surface area contributed by atoms with Gasteiger partial charge in [0, 0.05) is 31.0 Å². The van der Waals surface area contributed by atoms with Crippen LogP contribution >= 0.6 is 0 Å². The first-order valence-electron chi connectivity index (χ1n) is 11.8. The van der Waals surface area contributed by atoms with Gasteiger partial charge in [0.2, 0.25) is 0 Å². The maximum atomic E-state index is 6.20. The highest BCUT2D eigenvalue weighted by molar-refractivity contribution is 5.95. The SMILES string of the molecule is CCn1c(-c2nonc2N)nc2c(-c3ccccc3)ncc(OCCCNCc3cnc(C)cn3)c21. The van der Waals surface area contributed by atoms with Crippen LogP contribution in [-0.2, 0) is 13.1 Å². The minimum absolute atomic E-state index is 0.182. The van der Waals surface area contributed by atoms with Gasteiger partial charge in [0.15, 0.2) is 23.1 Å². The molecule has 3 N–H and O–H groups in total. The predicted molar refractivity (Wildman–Crippen MR) is 135 cm³/mol. The third-order valence-corrected chi connectivity index (χ3v) is 5.72. The van der Waals surface area contributed by atoms with Crippen LogP contribution < -0.4 is 15.8 Å². The summed E-state index contributed by atoms with van der Waals surface area (Å²) in [6.45, 7) is 6.50. The lowest BCUT2D eigenvalue weighted by atomic mass is 10.1. The van der Waals surface area contributed by atoms with Crippen molar-refractivity contribution >= 4 is 16.9 Å². The summed E-state index contributed by atoms with van der Waals surface area (Å²) in [6, 6.07) is 9.92. The first-order valence-corrected chi connectivity index (χ1v) is 11.8. The van der Waals surface area contributed by atoms with Gasteiger partial charge in [-0.1, -0.05) is 30.3 Å². The molecule has 0 saturated carbocycles. The van der Waals surface area contributed by atoms with E-state index in [1.54, 1.807) is 18.6 Å². The summed E-state index contributed by atoms with van der Waals surface area (Å²) in [5.74, 6) is 1.38. The van der Waals surface area contributed by atoms with E-state index in [2.05, 4.69) is 25.6 Å². The van der Waals surface area contributed by atoms with Gasteiger partial charge < -0.3 is 20.4 Å². The fourth-order valence-corrected chi connectivity index (χ4v) is 3.97. The first kappa shape index (κ1) is 23.4. The van der Waals surface area contributed by atoms with Crippen molar-refractivity contribution in [3.8, 4) is 28.5 Å². The number of nitrogens with two attached hydrogens (primary N) is 1. The quantitative estimate of drug-likeness (QED) is 0.282. The summed E-state index contributed by atoms with van der Waals surface area (Å²) in [5, 5.41) is 11.1. The molecule has 0 aliphatic rings. The lowest BCUT2D eigenvalue weighted by molar-refractivity contribution is 0.308. The number of ether oxygens (including phenoxy) is 1. The number of fused-ring (bicyclic) bond motifs is 1. The molecule has 0 aliphatic heterocycles. The highest BCUT2D eigenvalue weighted by Gasteiger charge is 2.23. The molecule has 5 rings (SSSR count). The molecule has 0 unspecified atom stereocenters. The monoisotopic (exact) mass is 485 g/mol. The van der Waals surface area contributed by atoms with Crippen LogP contribution in [0, 0.1) is 6.92 Å². The number of pyridine rings is 1. The van der Waals surface area contributed by atoms with Crippen molar-refractivity contribution in [2.75, 3.05) is 18.9 Å². The Hall–Kier alpha value is -4.38. The van der Waals surface area contributed by atoms with Gasteiger partial charge >= 0.3 is 0 Å². The zero-order chi connectivity index (χ0) is 24.9. The summed E-state index contributed by atoms with van der Waals surface area (Å²) in [6.07, 6.45) is 6.11. The molecule has 0 amide bonds. The Morgan fingerprint density at radius 3 is 2.61 bits per heavy atom. The van der Waals surface area contributed by atoms with Crippen molar-refractivity contribution in [1.82, 2.24) is 40.1 Å². The summed E-state index contributed by atoms with van der Waals surface area (Å²) in [5.41, 5.74) is 11.4. The van der Waals surface area contributed by atoms with Crippen LogP contribution in [0.5, 0.6) is 5.75 Å². The second-order valence-corrected chi connectivity index (χ2v) is 8.24. The summed E-state index contributed by atoms with van der Waals surface area (Å²) in [7, 11) is 0. The molecule has 4 aromatic heterocycles. The van der Waals surface area contributed by atoms with E-state index in [0.29, 0.717) is 42.5 Å². The van der Waals surface area contributed by atoms with Gasteiger partial charge in [0.1, 0.15) is 11.0 Å². The van der Waals surface area contributed by atoms with E-state index in [-0.39, 0.29) is 5.82 Å². The molecule has 0 fully saturated rings. The van der Waals surface area contributed by atoms with Gasteiger partial charge in [-0.2, -0.15) is 0 Å². The number of benzene rings is 1. The molecule has 0 radical (unpaired) electrons. The molecule has 0 spiro atoms. The van der Waals surface area contributed by atoms with E-state index in [0.717, 1.165) is 41.1 Å². The maximum Gasteiger partial charge on any atom is 0.199 e. The largest absolute Gasteiger partial charge is 0.490 e. The summed E-state index contributed by atoms with van der Waals surface area (Å²) >= 11 is 0. The maximum absolute atomic E-state index is 6.20. The summed E-state index contributed by atoms with van der Waals surface area (Å²) in [4.78, 5) is 18.2. The van der Waals surface area contributed by atoms with Crippen LogP contribution in [0.2, 0.25) is 0 Å². The number of imidazole rings is 1. The highest BCUT2D eigenvalue weighted by atomic mass is 16.6. The third kappa shape index (κ3) is 4.73. The molecule has 11 heteroatoms. The van der Waals surface area contributed by atoms with Crippen LogP contribution in [0.15, 0.2) is 53.6 Å². The first-order chi connectivity index (χ1) is 17.7. The lowest BCUT2D eigenvalue weighted by Crippen LogP contribution is -2.18. The predicted octanol–water partition coefficient (Wildman–Crippen LogP) is 3.41. The number of aromatic nitrogens is 7. The van der Waals surface area contributed by atoms with Gasteiger partial charge in [-0.15, -0.1) is 0 Å². The molecule has 5 aromatic rings. The molecule has 184 valence electrons. The molecule has 0 atom stereocenters. The van der Waals surface area contributed by atoms with E-state index in [9.17, 15) is 0 Å². The Labute approximate surface area is 207 Å². The fraction of sp³-hybridized carbons (Fsp3) is 0.280. The Balaban J connectivity index is 1.39. The average Bonchev–Trinajstić information content (AvgIpc) is 3.50. The van der Waals surface area contributed by atoms with Crippen LogP contribution in [0.4, 0.5) is 5.82 Å². The lowest BCUT2D eigenvalue weighted by Gasteiger charge is -2.12. The van der Waals surface area contributed by atoms with Crippen molar-refractivity contribution in [1.29, 1.82) is 0 Å². The fourth-order valence-electron chi connectivity index (χ4n) is 3.97. The van der Waals surface area contributed by atoms with Crippen molar-refractivity contribution in [3.63, 3.8) is 0 Å². The van der Waals surface area contributed by atoms with Gasteiger partial charge in [0.25, 0.3) is 0 Å². The minimum atomic E-state index is 0.182. The van der Waals surface area contributed by atoms with Gasteiger partial charge in [-0.25, -0.2) is 14.6 Å². The molecule has 11 nitrogen and oxygen atoms in total. The van der Waals surface area contributed by atoms with E-state index in [4.69, 9.17) is 25.1 Å². The third-order valence-electron chi connectivity index (χ3n) is 5.72. The Kier molecular flexibility index (Phi) is 6.80. The van der Waals surface area contributed by atoms with Crippen molar-refractivity contribution in [2.24, 2.45) is 0 Å². The number of nitrogens with zero attached hydrogens (tertiary/aromatic N) is 7. The van der Waals surface area contributed by atoms with Crippen molar-refractivity contribution in [3.05, 3.63) is 60.3 Å². The number of aryl methyl sites for hydroxylation is 2.